The quantitative estimate of drug-likeness (QED) is 0.270. The van der Waals surface area contributed by atoms with E-state index >= 15 is 0 Å². The van der Waals surface area contributed by atoms with E-state index in [0.717, 1.165) is 36.1 Å². The highest BCUT2D eigenvalue weighted by atomic mass is 19.4. The number of imidazole rings is 1. The fraction of sp³-hybridized carbons (Fsp3) is 0.379. The van der Waals surface area contributed by atoms with E-state index in [1.54, 1.807) is 0 Å². The van der Waals surface area contributed by atoms with Gasteiger partial charge in [0.25, 0.3) is 0 Å². The fourth-order valence-corrected chi connectivity index (χ4v) is 4.64. The first-order valence-electron chi connectivity index (χ1n) is 12.9. The zero-order chi connectivity index (χ0) is 28.1. The van der Waals surface area contributed by atoms with Gasteiger partial charge in [0, 0.05) is 18.2 Å². The van der Waals surface area contributed by atoms with Crippen LogP contribution in [0.3, 0.4) is 0 Å². The normalized spacial score (nSPS) is 14.9. The lowest BCUT2D eigenvalue weighted by atomic mass is 9.87. The molecule has 2 aromatic heterocycles. The molecule has 39 heavy (non-hydrogen) atoms. The van der Waals surface area contributed by atoms with Crippen molar-refractivity contribution < 1.29 is 23.1 Å². The molecule has 5 rings (SSSR count). The summed E-state index contributed by atoms with van der Waals surface area (Å²) in [7, 11) is 0. The minimum atomic E-state index is -4.43. The van der Waals surface area contributed by atoms with Crippen LogP contribution in [0.2, 0.25) is 0 Å². The molecule has 1 fully saturated rings. The molecular weight excluding hydrogens is 507 g/mol. The highest BCUT2D eigenvalue weighted by Crippen LogP contribution is 2.36. The number of hydrogen-bond donors (Lipinski definition) is 2. The minimum absolute atomic E-state index is 0.0497. The van der Waals surface area contributed by atoms with Gasteiger partial charge in [-0.3, -0.25) is 0 Å². The minimum Gasteiger partial charge on any atom is -0.475 e. The summed E-state index contributed by atoms with van der Waals surface area (Å²) in [5.74, 6) is -0.328. The third kappa shape index (κ3) is 5.60. The Morgan fingerprint density at radius 2 is 1.62 bits per heavy atom. The van der Waals surface area contributed by atoms with Crippen LogP contribution < -0.4 is 5.32 Å². The second kappa shape index (κ2) is 9.66. The smallest absolute Gasteiger partial charge is 0.416 e. The highest BCUT2D eigenvalue weighted by Gasteiger charge is 2.31. The summed E-state index contributed by atoms with van der Waals surface area (Å²) < 4.78 is 41.3. The number of carboxylic acid groups (broad SMARTS) is 1. The summed E-state index contributed by atoms with van der Waals surface area (Å²) in [6, 6.07) is 12.9. The van der Waals surface area contributed by atoms with E-state index in [4.69, 9.17) is 4.98 Å². The average Bonchev–Trinajstić information content (AvgIpc) is 3.66. The van der Waals surface area contributed by atoms with Crippen molar-refractivity contribution in [1.29, 1.82) is 0 Å². The molecular formula is C29H30F3N5O2. The number of rotatable bonds is 7. The first kappa shape index (κ1) is 26.6. The Bertz CT molecular complexity index is 1520. The van der Waals surface area contributed by atoms with E-state index in [9.17, 15) is 23.1 Å². The molecule has 0 bridgehead atoms. The summed E-state index contributed by atoms with van der Waals surface area (Å²) in [6.07, 6.45) is -2.29. The highest BCUT2D eigenvalue weighted by molar-refractivity contribution is 5.92. The maximum Gasteiger partial charge on any atom is 0.416 e. The molecule has 1 atom stereocenters. The van der Waals surface area contributed by atoms with Crippen LogP contribution in [0.5, 0.6) is 0 Å². The van der Waals surface area contributed by atoms with Crippen LogP contribution in [-0.2, 0) is 18.1 Å². The van der Waals surface area contributed by atoms with Gasteiger partial charge in [0.2, 0.25) is 5.82 Å². The Kier molecular flexibility index (Phi) is 6.60. The molecule has 1 saturated carbocycles. The Morgan fingerprint density at radius 1 is 1.00 bits per heavy atom. The van der Waals surface area contributed by atoms with E-state index in [0.29, 0.717) is 28.6 Å². The van der Waals surface area contributed by atoms with Gasteiger partial charge in [-0.15, -0.1) is 0 Å². The molecule has 10 heteroatoms. The summed E-state index contributed by atoms with van der Waals surface area (Å²) in [5.41, 5.74) is 2.44. The lowest BCUT2D eigenvalue weighted by Crippen LogP contribution is -2.20. The summed E-state index contributed by atoms with van der Waals surface area (Å²) in [6.45, 7) is 8.56. The predicted octanol–water partition coefficient (Wildman–Crippen LogP) is 6.77. The van der Waals surface area contributed by atoms with E-state index in [2.05, 4.69) is 36.1 Å². The third-order valence-electron chi connectivity index (χ3n) is 7.12. The fourth-order valence-electron chi connectivity index (χ4n) is 4.64. The van der Waals surface area contributed by atoms with Crippen LogP contribution in [0, 0.1) is 5.92 Å². The zero-order valence-corrected chi connectivity index (χ0v) is 22.2. The molecule has 2 heterocycles. The third-order valence-corrected chi connectivity index (χ3v) is 7.12. The second-order valence-electron chi connectivity index (χ2n) is 11.2. The zero-order valence-electron chi connectivity index (χ0n) is 22.2. The molecule has 2 N–H and O–H groups in total. The average molecular weight is 538 g/mol. The van der Waals surface area contributed by atoms with Crippen molar-refractivity contribution in [3.8, 4) is 11.4 Å². The number of nitrogens with zero attached hydrogens (tertiary/aromatic N) is 4. The van der Waals surface area contributed by atoms with Crippen molar-refractivity contribution in [2.45, 2.75) is 64.7 Å². The molecule has 4 aromatic rings. The molecule has 0 aliphatic heterocycles. The molecule has 2 aromatic carbocycles. The first-order chi connectivity index (χ1) is 18.3. The van der Waals surface area contributed by atoms with E-state index in [1.165, 1.54) is 12.1 Å². The van der Waals surface area contributed by atoms with Crippen molar-refractivity contribution in [2.24, 2.45) is 5.92 Å². The number of alkyl halides is 3. The first-order valence-corrected chi connectivity index (χ1v) is 12.9. The van der Waals surface area contributed by atoms with E-state index in [-0.39, 0.29) is 29.5 Å². The summed E-state index contributed by atoms with van der Waals surface area (Å²) in [5, 5.41) is 13.0. The Labute approximate surface area is 224 Å². The number of aromatic carboxylic acids is 1. The Morgan fingerprint density at radius 3 is 2.15 bits per heavy atom. The van der Waals surface area contributed by atoms with Gasteiger partial charge in [-0.25, -0.2) is 19.7 Å². The molecule has 0 saturated heterocycles. The van der Waals surface area contributed by atoms with E-state index < -0.39 is 17.7 Å². The summed E-state index contributed by atoms with van der Waals surface area (Å²) in [4.78, 5) is 25.1. The number of hydrogen-bond acceptors (Lipinski definition) is 5. The second-order valence-corrected chi connectivity index (χ2v) is 11.2. The van der Waals surface area contributed by atoms with Crippen LogP contribution in [0.15, 0.2) is 48.5 Å². The van der Waals surface area contributed by atoms with Crippen molar-refractivity contribution in [3.05, 3.63) is 71.0 Å². The van der Waals surface area contributed by atoms with E-state index in [1.807, 2.05) is 35.8 Å². The lowest BCUT2D eigenvalue weighted by molar-refractivity contribution is -0.137. The van der Waals surface area contributed by atoms with Gasteiger partial charge >= 0.3 is 12.1 Å². The number of carbonyl (C=O) groups is 1. The molecule has 7 nitrogen and oxygen atoms in total. The molecule has 0 radical (unpaired) electrons. The van der Waals surface area contributed by atoms with Gasteiger partial charge < -0.3 is 15.0 Å². The molecule has 1 aliphatic carbocycles. The topological polar surface area (TPSA) is 92.9 Å². The van der Waals surface area contributed by atoms with Crippen LogP contribution in [-0.4, -0.2) is 36.6 Å². The van der Waals surface area contributed by atoms with Crippen molar-refractivity contribution >= 4 is 23.0 Å². The molecule has 204 valence electrons. The number of halogens is 3. The van der Waals surface area contributed by atoms with Crippen molar-refractivity contribution in [3.63, 3.8) is 0 Å². The largest absolute Gasteiger partial charge is 0.475 e. The Hall–Kier alpha value is -3.95. The van der Waals surface area contributed by atoms with Gasteiger partial charge in [0.05, 0.1) is 5.56 Å². The Balaban J connectivity index is 1.68. The number of nitrogens with one attached hydrogen (secondary N) is 1. The van der Waals surface area contributed by atoms with Crippen molar-refractivity contribution in [2.75, 3.05) is 5.32 Å². The number of aromatic nitrogens is 4. The summed E-state index contributed by atoms with van der Waals surface area (Å²) >= 11 is 0. The number of anilines is 1. The van der Waals surface area contributed by atoms with Gasteiger partial charge in [-0.05, 0) is 54.4 Å². The van der Waals surface area contributed by atoms with Crippen LogP contribution in [0.25, 0.3) is 22.6 Å². The predicted molar refractivity (Wildman–Crippen MR) is 143 cm³/mol. The SMILES string of the molecule is C[C@@H](Nc1nc(C(=O)O)nc2nc(-c3ccc(C(C)(C)C)cc3)n(Cc3ccc(C(F)(F)F)cc3)c12)C1CC1. The van der Waals surface area contributed by atoms with Gasteiger partial charge in [-0.1, -0.05) is 57.2 Å². The maximum absolute atomic E-state index is 13.2. The standard InChI is InChI=1S/C29H30F3N5O2/c1-16(18-7-8-18)33-23-22-24(35-25(34-23)27(38)39)36-26(19-9-13-20(14-10-19)28(2,3)4)37(22)15-17-5-11-21(12-6-17)29(30,31)32/h5-6,9-14,16,18H,7-8,15H2,1-4H3,(H,38,39)(H,33,34,35)/t16-/m1/s1. The van der Waals surface area contributed by atoms with Crippen LogP contribution >= 0.6 is 0 Å². The van der Waals surface area contributed by atoms with Crippen LogP contribution in [0.1, 0.15) is 67.8 Å². The van der Waals surface area contributed by atoms with Gasteiger partial charge in [0.15, 0.2) is 11.5 Å². The maximum atomic E-state index is 13.2. The molecule has 0 amide bonds. The molecule has 0 spiro atoms. The van der Waals surface area contributed by atoms with Gasteiger partial charge in [0.1, 0.15) is 11.3 Å². The number of fused-ring (bicyclic) bond motifs is 1. The molecule has 0 unspecified atom stereocenters. The number of carboxylic acids is 1. The molecule has 1 aliphatic rings. The van der Waals surface area contributed by atoms with Gasteiger partial charge in [-0.2, -0.15) is 13.2 Å². The van der Waals surface area contributed by atoms with Crippen molar-refractivity contribution in [1.82, 2.24) is 19.5 Å². The number of benzene rings is 2. The monoisotopic (exact) mass is 537 g/mol. The lowest BCUT2D eigenvalue weighted by Gasteiger charge is -2.19. The van der Waals surface area contributed by atoms with Crippen LogP contribution in [0.4, 0.5) is 19.0 Å².